The molecule has 0 aromatic carbocycles. The zero-order valence-corrected chi connectivity index (χ0v) is 20.8. The zero-order valence-electron chi connectivity index (χ0n) is 16.8. The maximum absolute atomic E-state index is 12.8. The van der Waals surface area contributed by atoms with Gasteiger partial charge in [0, 0.05) is 28.1 Å². The summed E-state index contributed by atoms with van der Waals surface area (Å²) in [5.41, 5.74) is 13.0. The van der Waals surface area contributed by atoms with Crippen molar-refractivity contribution in [2.75, 3.05) is 12.3 Å². The molecule has 2 aromatic heterocycles. The van der Waals surface area contributed by atoms with Gasteiger partial charge in [0.1, 0.15) is 5.82 Å². The maximum Gasteiger partial charge on any atom is 0.237 e. The van der Waals surface area contributed by atoms with E-state index in [1.807, 2.05) is 24.8 Å². The molecular weight excluding hydrogens is 534 g/mol. The molecule has 30 heavy (non-hydrogen) atoms. The number of amides is 2. The second-order valence-corrected chi connectivity index (χ2v) is 10.9. The van der Waals surface area contributed by atoms with Crippen molar-refractivity contribution < 1.29 is 9.59 Å². The molecule has 2 aromatic rings. The number of nitrogens with two attached hydrogens (primary N) is 2. The predicted octanol–water partition coefficient (Wildman–Crippen LogP) is 2.98. The first-order valence-electron chi connectivity index (χ1n) is 9.64. The van der Waals surface area contributed by atoms with Crippen LogP contribution in [-0.2, 0) is 22.6 Å². The Morgan fingerprint density at radius 3 is 2.73 bits per heavy atom. The van der Waals surface area contributed by atoms with Crippen molar-refractivity contribution in [3.8, 4) is 0 Å². The van der Waals surface area contributed by atoms with Crippen LogP contribution in [0.4, 0.5) is 5.82 Å². The maximum atomic E-state index is 12.8. The summed E-state index contributed by atoms with van der Waals surface area (Å²) in [4.78, 5) is 32.2. The standard InChI is InChI=1S/C20H25Br2N5O2S/c1-10-13(3-4-17(23)26-10)8-25-20(29)11(2)27-9-12(6-16(27)19(24)28)5-14-7-15(21)18(22)30-14/h3-4,7,11-12,16H,5-6,8-9H2,1-2H3,(H2,23,26)(H2,24,28)(H,25,29)/t11-,12?,16?/m0/s1. The van der Waals surface area contributed by atoms with E-state index >= 15 is 0 Å². The molecule has 1 aliphatic heterocycles. The molecule has 3 atom stereocenters. The van der Waals surface area contributed by atoms with Crippen LogP contribution in [0.5, 0.6) is 0 Å². The highest BCUT2D eigenvalue weighted by Crippen LogP contribution is 2.36. The molecule has 2 amide bonds. The fraction of sp³-hybridized carbons (Fsp3) is 0.450. The minimum Gasteiger partial charge on any atom is -0.384 e. The number of rotatable bonds is 7. The molecule has 1 aliphatic rings. The third-order valence-electron chi connectivity index (χ3n) is 5.49. The van der Waals surface area contributed by atoms with E-state index in [9.17, 15) is 9.59 Å². The number of carbonyl (C=O) groups excluding carboxylic acids is 2. The summed E-state index contributed by atoms with van der Waals surface area (Å²) in [6.45, 7) is 4.69. The third kappa shape index (κ3) is 5.40. The van der Waals surface area contributed by atoms with Crippen LogP contribution in [0.15, 0.2) is 26.5 Å². The topological polar surface area (TPSA) is 114 Å². The summed E-state index contributed by atoms with van der Waals surface area (Å²) in [5.74, 6) is 0.191. The molecule has 3 heterocycles. The second-order valence-electron chi connectivity index (χ2n) is 7.63. The van der Waals surface area contributed by atoms with Gasteiger partial charge in [0.25, 0.3) is 0 Å². The molecule has 10 heteroatoms. The van der Waals surface area contributed by atoms with Gasteiger partial charge in [-0.2, -0.15) is 0 Å². The Bertz CT molecular complexity index is 932. The molecule has 162 valence electrons. The van der Waals surface area contributed by atoms with Gasteiger partial charge in [0.2, 0.25) is 11.8 Å². The molecule has 1 fully saturated rings. The number of pyridine rings is 1. The van der Waals surface area contributed by atoms with Crippen LogP contribution in [0.3, 0.4) is 0 Å². The Balaban J connectivity index is 1.64. The Hall–Kier alpha value is -1.49. The Kier molecular flexibility index (Phi) is 7.54. The van der Waals surface area contributed by atoms with Crippen LogP contribution >= 0.6 is 43.2 Å². The van der Waals surface area contributed by atoms with Gasteiger partial charge >= 0.3 is 0 Å². The fourth-order valence-electron chi connectivity index (χ4n) is 3.86. The number of aromatic nitrogens is 1. The average molecular weight is 559 g/mol. The van der Waals surface area contributed by atoms with Gasteiger partial charge in [-0.15, -0.1) is 11.3 Å². The lowest BCUT2D eigenvalue weighted by molar-refractivity contribution is -0.129. The zero-order chi connectivity index (χ0) is 22.0. The van der Waals surface area contributed by atoms with E-state index in [1.165, 1.54) is 4.88 Å². The van der Waals surface area contributed by atoms with Crippen LogP contribution in [0.1, 0.15) is 29.5 Å². The second kappa shape index (κ2) is 9.76. The molecule has 0 saturated carbocycles. The summed E-state index contributed by atoms with van der Waals surface area (Å²) < 4.78 is 2.09. The van der Waals surface area contributed by atoms with Crippen molar-refractivity contribution in [1.82, 2.24) is 15.2 Å². The Morgan fingerprint density at radius 2 is 2.13 bits per heavy atom. The van der Waals surface area contributed by atoms with E-state index in [-0.39, 0.29) is 17.7 Å². The van der Waals surface area contributed by atoms with E-state index < -0.39 is 12.1 Å². The molecule has 0 radical (unpaired) electrons. The number of carbonyl (C=O) groups is 2. The molecule has 2 unspecified atom stereocenters. The van der Waals surface area contributed by atoms with Crippen LogP contribution in [0, 0.1) is 12.8 Å². The fourth-order valence-corrected chi connectivity index (χ4v) is 6.15. The van der Waals surface area contributed by atoms with E-state index in [1.54, 1.807) is 17.4 Å². The highest BCUT2D eigenvalue weighted by molar-refractivity contribution is 9.13. The van der Waals surface area contributed by atoms with E-state index in [2.05, 4.69) is 48.2 Å². The van der Waals surface area contributed by atoms with Gasteiger partial charge in [-0.25, -0.2) is 4.98 Å². The first-order valence-corrected chi connectivity index (χ1v) is 12.0. The number of primary amides is 1. The lowest BCUT2D eigenvalue weighted by Crippen LogP contribution is -2.51. The normalized spacial score (nSPS) is 20.3. The quantitative estimate of drug-likeness (QED) is 0.483. The monoisotopic (exact) mass is 557 g/mol. The van der Waals surface area contributed by atoms with Gasteiger partial charge in [-0.05, 0) is 82.2 Å². The van der Waals surface area contributed by atoms with Crippen molar-refractivity contribution in [3.05, 3.63) is 42.6 Å². The lowest BCUT2D eigenvalue weighted by Gasteiger charge is -2.28. The first-order chi connectivity index (χ1) is 14.2. The SMILES string of the molecule is Cc1nc(N)ccc1CNC(=O)[C@H](C)N1CC(Cc2cc(Br)c(Br)s2)CC1C(N)=O. The third-order valence-corrected chi connectivity index (χ3v) is 8.77. The number of aryl methyl sites for hydroxylation is 1. The van der Waals surface area contributed by atoms with Gasteiger partial charge in [0.05, 0.1) is 15.9 Å². The number of halogens is 2. The van der Waals surface area contributed by atoms with Crippen molar-refractivity contribution in [2.45, 2.75) is 45.3 Å². The van der Waals surface area contributed by atoms with Gasteiger partial charge in [0.15, 0.2) is 0 Å². The van der Waals surface area contributed by atoms with E-state index in [0.29, 0.717) is 25.3 Å². The highest BCUT2D eigenvalue weighted by atomic mass is 79.9. The number of likely N-dealkylation sites (tertiary alicyclic amines) is 1. The molecule has 0 bridgehead atoms. The van der Waals surface area contributed by atoms with E-state index in [0.717, 1.165) is 25.9 Å². The summed E-state index contributed by atoms with van der Waals surface area (Å²) in [5, 5.41) is 2.95. The van der Waals surface area contributed by atoms with Gasteiger partial charge in [-0.1, -0.05) is 6.07 Å². The molecule has 7 nitrogen and oxygen atoms in total. The summed E-state index contributed by atoms with van der Waals surface area (Å²) in [6.07, 6.45) is 1.50. The number of hydrogen-bond acceptors (Lipinski definition) is 6. The van der Waals surface area contributed by atoms with Crippen molar-refractivity contribution in [1.29, 1.82) is 0 Å². The van der Waals surface area contributed by atoms with Crippen LogP contribution < -0.4 is 16.8 Å². The predicted molar refractivity (Wildman–Crippen MR) is 126 cm³/mol. The number of anilines is 1. The number of thiophene rings is 1. The molecule has 0 aliphatic carbocycles. The summed E-state index contributed by atoms with van der Waals surface area (Å²) in [6, 6.07) is 4.76. The molecule has 1 saturated heterocycles. The number of nitrogen functional groups attached to an aromatic ring is 1. The summed E-state index contributed by atoms with van der Waals surface area (Å²) in [7, 11) is 0. The Labute approximate surface area is 196 Å². The largest absolute Gasteiger partial charge is 0.384 e. The minimum atomic E-state index is -0.462. The van der Waals surface area contributed by atoms with Crippen LogP contribution in [0.25, 0.3) is 0 Å². The smallest absolute Gasteiger partial charge is 0.237 e. The molecule has 5 N–H and O–H groups in total. The van der Waals surface area contributed by atoms with Crippen LogP contribution in [0.2, 0.25) is 0 Å². The van der Waals surface area contributed by atoms with Crippen LogP contribution in [-0.4, -0.2) is 40.3 Å². The van der Waals surface area contributed by atoms with Gasteiger partial charge < -0.3 is 16.8 Å². The van der Waals surface area contributed by atoms with Crippen molar-refractivity contribution in [2.24, 2.45) is 11.7 Å². The lowest BCUT2D eigenvalue weighted by atomic mass is 10.0. The van der Waals surface area contributed by atoms with Crippen molar-refractivity contribution >= 4 is 60.8 Å². The average Bonchev–Trinajstić information content (AvgIpc) is 3.23. The number of nitrogens with zero attached hydrogens (tertiary/aromatic N) is 2. The molecular formula is C20H25Br2N5O2S. The number of nitrogens with one attached hydrogen (secondary N) is 1. The molecule has 3 rings (SSSR count). The van der Waals surface area contributed by atoms with Crippen molar-refractivity contribution in [3.63, 3.8) is 0 Å². The highest BCUT2D eigenvalue weighted by Gasteiger charge is 2.40. The van der Waals surface area contributed by atoms with E-state index in [4.69, 9.17) is 11.5 Å². The van der Waals surface area contributed by atoms with Gasteiger partial charge in [-0.3, -0.25) is 14.5 Å². The summed E-state index contributed by atoms with van der Waals surface area (Å²) >= 11 is 8.71. The Morgan fingerprint density at radius 1 is 1.40 bits per heavy atom. The first kappa shape index (κ1) is 23.2. The minimum absolute atomic E-state index is 0.139. The number of hydrogen-bond donors (Lipinski definition) is 3. The molecule has 0 spiro atoms.